The van der Waals surface area contributed by atoms with Crippen LogP contribution in [0.1, 0.15) is 36.6 Å². The Morgan fingerprint density at radius 1 is 1.27 bits per heavy atom. The van der Waals surface area contributed by atoms with E-state index in [0.29, 0.717) is 0 Å². The number of carbonyl (C=O) groups is 2. The number of thiophene rings is 1. The van der Waals surface area contributed by atoms with Crippen LogP contribution in [0.2, 0.25) is 0 Å². The standard InChI is InChI=1S/C17H16O4S/c1-4-5-6-7-8-9-15-10-11-17(22-15)16(21-14(3)19)12-20-13(2)18/h4-5,10-11,16H,12H2,1-3H3. The van der Waals surface area contributed by atoms with Crippen LogP contribution in [0, 0.1) is 23.7 Å². The number of rotatable bonds is 4. The summed E-state index contributed by atoms with van der Waals surface area (Å²) in [4.78, 5) is 23.6. The van der Waals surface area contributed by atoms with E-state index >= 15 is 0 Å². The molecule has 0 amide bonds. The smallest absolute Gasteiger partial charge is 0.303 e. The summed E-state index contributed by atoms with van der Waals surface area (Å²) in [7, 11) is 0. The fraction of sp³-hybridized carbons (Fsp3) is 0.294. The topological polar surface area (TPSA) is 52.6 Å². The number of ether oxygens (including phenoxy) is 2. The molecule has 0 N–H and O–H groups in total. The van der Waals surface area contributed by atoms with E-state index in [1.54, 1.807) is 12.1 Å². The van der Waals surface area contributed by atoms with E-state index in [1.807, 2.05) is 19.1 Å². The van der Waals surface area contributed by atoms with Crippen LogP contribution >= 0.6 is 11.3 Å². The molecule has 1 unspecified atom stereocenters. The predicted molar refractivity (Wildman–Crippen MR) is 84.9 cm³/mol. The Morgan fingerprint density at radius 3 is 2.68 bits per heavy atom. The Hall–Kier alpha value is -2.50. The average Bonchev–Trinajstić information content (AvgIpc) is 2.91. The third kappa shape index (κ3) is 6.78. The van der Waals surface area contributed by atoms with E-state index in [4.69, 9.17) is 9.47 Å². The van der Waals surface area contributed by atoms with Crippen molar-refractivity contribution < 1.29 is 19.1 Å². The second kappa shape index (κ2) is 9.44. The molecule has 0 bridgehead atoms. The Bertz CT molecular complexity index is 677. The van der Waals surface area contributed by atoms with Crippen molar-refractivity contribution >= 4 is 23.3 Å². The minimum atomic E-state index is -0.615. The molecule has 1 aromatic heterocycles. The predicted octanol–water partition coefficient (Wildman–Crippen LogP) is 2.85. The molecule has 0 aromatic carbocycles. The van der Waals surface area contributed by atoms with Crippen molar-refractivity contribution in [2.75, 3.05) is 6.61 Å². The first kappa shape index (κ1) is 17.6. The van der Waals surface area contributed by atoms with Crippen molar-refractivity contribution in [3.8, 4) is 23.7 Å². The molecular formula is C17H16O4S. The van der Waals surface area contributed by atoms with Gasteiger partial charge < -0.3 is 9.47 Å². The zero-order chi connectivity index (χ0) is 16.4. The SMILES string of the molecule is CC=CC#CC#Cc1ccc(C(COC(C)=O)OC(C)=O)s1. The number of allylic oxidation sites excluding steroid dienone is 2. The maximum Gasteiger partial charge on any atom is 0.303 e. The Labute approximate surface area is 134 Å². The lowest BCUT2D eigenvalue weighted by Crippen LogP contribution is -2.15. The largest absolute Gasteiger partial charge is 0.462 e. The average molecular weight is 316 g/mol. The molecule has 0 aliphatic carbocycles. The highest BCUT2D eigenvalue weighted by molar-refractivity contribution is 7.12. The summed E-state index contributed by atoms with van der Waals surface area (Å²) in [5.41, 5.74) is 0. The maximum atomic E-state index is 11.1. The van der Waals surface area contributed by atoms with Gasteiger partial charge in [-0.3, -0.25) is 9.59 Å². The van der Waals surface area contributed by atoms with Gasteiger partial charge in [-0.25, -0.2) is 0 Å². The molecule has 0 saturated heterocycles. The molecule has 5 heteroatoms. The molecule has 0 fully saturated rings. The summed E-state index contributed by atoms with van der Waals surface area (Å²) in [6.45, 7) is 4.49. The lowest BCUT2D eigenvalue weighted by Gasteiger charge is -2.14. The minimum absolute atomic E-state index is 0.0105. The fourth-order valence-electron chi connectivity index (χ4n) is 1.41. The third-order valence-electron chi connectivity index (χ3n) is 2.26. The van der Waals surface area contributed by atoms with Crippen LogP contribution in [-0.4, -0.2) is 18.5 Å². The summed E-state index contributed by atoms with van der Waals surface area (Å²) in [6.07, 6.45) is 2.93. The molecular weight excluding hydrogens is 300 g/mol. The second-order valence-electron chi connectivity index (χ2n) is 4.12. The second-order valence-corrected chi connectivity index (χ2v) is 5.24. The molecule has 0 aliphatic rings. The quantitative estimate of drug-likeness (QED) is 0.633. The first-order valence-electron chi connectivity index (χ1n) is 6.56. The number of esters is 2. The van der Waals surface area contributed by atoms with Crippen molar-refractivity contribution in [2.24, 2.45) is 0 Å². The van der Waals surface area contributed by atoms with Gasteiger partial charge >= 0.3 is 11.9 Å². The number of carbonyl (C=O) groups excluding carboxylic acids is 2. The fourth-order valence-corrected chi connectivity index (χ4v) is 2.29. The van der Waals surface area contributed by atoms with E-state index < -0.39 is 18.0 Å². The van der Waals surface area contributed by atoms with E-state index in [-0.39, 0.29) is 6.61 Å². The molecule has 0 radical (unpaired) electrons. The summed E-state index contributed by atoms with van der Waals surface area (Å²) >= 11 is 1.37. The summed E-state index contributed by atoms with van der Waals surface area (Å²) < 4.78 is 10.1. The third-order valence-corrected chi connectivity index (χ3v) is 3.35. The Kier molecular flexibility index (Phi) is 7.53. The van der Waals surface area contributed by atoms with Gasteiger partial charge in [-0.1, -0.05) is 12.0 Å². The molecule has 0 aliphatic heterocycles. The van der Waals surface area contributed by atoms with Crippen molar-refractivity contribution in [1.82, 2.24) is 0 Å². The molecule has 1 aromatic rings. The van der Waals surface area contributed by atoms with Crippen LogP contribution in [0.3, 0.4) is 0 Å². The van der Waals surface area contributed by atoms with Crippen molar-refractivity contribution in [1.29, 1.82) is 0 Å². The lowest BCUT2D eigenvalue weighted by atomic mass is 10.3. The van der Waals surface area contributed by atoms with Gasteiger partial charge in [0.05, 0.1) is 4.88 Å². The van der Waals surface area contributed by atoms with Gasteiger partial charge in [0.1, 0.15) is 6.61 Å². The van der Waals surface area contributed by atoms with Crippen LogP contribution in [0.5, 0.6) is 0 Å². The van der Waals surface area contributed by atoms with Crippen molar-refractivity contribution in [2.45, 2.75) is 26.9 Å². The minimum Gasteiger partial charge on any atom is -0.462 e. The van der Waals surface area contributed by atoms with E-state index in [0.717, 1.165) is 9.75 Å². The van der Waals surface area contributed by atoms with Gasteiger partial charge in [-0.2, -0.15) is 0 Å². The van der Waals surface area contributed by atoms with Gasteiger partial charge in [-0.15, -0.1) is 11.3 Å². The molecule has 0 spiro atoms. The summed E-state index contributed by atoms with van der Waals surface area (Å²) in [5.74, 6) is 10.3. The highest BCUT2D eigenvalue weighted by atomic mass is 32.1. The van der Waals surface area contributed by atoms with Gasteiger partial charge in [0.2, 0.25) is 0 Å². The molecule has 1 atom stereocenters. The van der Waals surface area contributed by atoms with Gasteiger partial charge in [0.25, 0.3) is 0 Å². The van der Waals surface area contributed by atoms with Crippen LogP contribution in [0.25, 0.3) is 0 Å². The Morgan fingerprint density at radius 2 is 2.05 bits per heavy atom. The van der Waals surface area contributed by atoms with Gasteiger partial charge in [0, 0.05) is 18.7 Å². The molecule has 1 heterocycles. The molecule has 4 nitrogen and oxygen atoms in total. The highest BCUT2D eigenvalue weighted by Crippen LogP contribution is 2.26. The van der Waals surface area contributed by atoms with Crippen LogP contribution in [0.4, 0.5) is 0 Å². The number of hydrogen-bond donors (Lipinski definition) is 0. The number of hydrogen-bond acceptors (Lipinski definition) is 5. The van der Waals surface area contributed by atoms with Crippen molar-refractivity contribution in [3.63, 3.8) is 0 Å². The lowest BCUT2D eigenvalue weighted by molar-refractivity contribution is -0.156. The summed E-state index contributed by atoms with van der Waals surface area (Å²) in [5, 5.41) is 0. The first-order chi connectivity index (χ1) is 10.5. The first-order valence-corrected chi connectivity index (χ1v) is 7.37. The maximum absolute atomic E-state index is 11.1. The highest BCUT2D eigenvalue weighted by Gasteiger charge is 2.18. The van der Waals surface area contributed by atoms with Gasteiger partial charge in [0.15, 0.2) is 6.10 Å². The van der Waals surface area contributed by atoms with Crippen LogP contribution in [0.15, 0.2) is 24.3 Å². The normalized spacial score (nSPS) is 10.9. The monoisotopic (exact) mass is 316 g/mol. The van der Waals surface area contributed by atoms with Crippen LogP contribution in [-0.2, 0) is 19.1 Å². The van der Waals surface area contributed by atoms with Crippen molar-refractivity contribution in [3.05, 3.63) is 34.0 Å². The summed E-state index contributed by atoms with van der Waals surface area (Å²) in [6, 6.07) is 3.61. The van der Waals surface area contributed by atoms with Crippen LogP contribution < -0.4 is 0 Å². The molecule has 22 heavy (non-hydrogen) atoms. The zero-order valence-electron chi connectivity index (χ0n) is 12.6. The van der Waals surface area contributed by atoms with E-state index in [2.05, 4.69) is 23.7 Å². The molecule has 0 saturated carbocycles. The Balaban J connectivity index is 2.82. The zero-order valence-corrected chi connectivity index (χ0v) is 13.5. The van der Waals surface area contributed by atoms with Gasteiger partial charge in [-0.05, 0) is 42.9 Å². The van der Waals surface area contributed by atoms with E-state index in [1.165, 1.54) is 25.2 Å². The van der Waals surface area contributed by atoms with E-state index in [9.17, 15) is 9.59 Å². The molecule has 1 rings (SSSR count). The molecule has 114 valence electrons.